The molecule has 0 aliphatic heterocycles. The molecule has 0 atom stereocenters. The molecule has 3 N–H and O–H groups in total. The van der Waals surface area contributed by atoms with Crippen LogP contribution in [0.25, 0.3) is 0 Å². The first-order valence-corrected chi connectivity index (χ1v) is 9.99. The van der Waals surface area contributed by atoms with E-state index in [0.717, 1.165) is 16.7 Å². The van der Waals surface area contributed by atoms with E-state index in [4.69, 9.17) is 12.2 Å². The Morgan fingerprint density at radius 1 is 0.767 bits per heavy atom. The lowest BCUT2D eigenvalue weighted by Crippen LogP contribution is -2.35. The molecule has 0 bridgehead atoms. The van der Waals surface area contributed by atoms with Crippen LogP contribution in [0.15, 0.2) is 78.9 Å². The Bertz CT molecular complexity index is 1050. The summed E-state index contributed by atoms with van der Waals surface area (Å²) < 4.78 is 0. The lowest BCUT2D eigenvalue weighted by atomic mass is 10.1. The fraction of sp³-hybridized carbons (Fsp3) is 0.125. The molecular formula is C24H23N3O2S. The normalized spacial score (nSPS) is 10.2. The average molecular weight is 418 g/mol. The summed E-state index contributed by atoms with van der Waals surface area (Å²) >= 11 is 5.25. The van der Waals surface area contributed by atoms with Crippen LogP contribution in [0.4, 0.5) is 11.4 Å². The van der Waals surface area contributed by atoms with E-state index < -0.39 is 0 Å². The van der Waals surface area contributed by atoms with Gasteiger partial charge in [0.2, 0.25) is 11.8 Å². The van der Waals surface area contributed by atoms with Crippen LogP contribution < -0.4 is 16.0 Å². The molecule has 0 spiro atoms. The van der Waals surface area contributed by atoms with Gasteiger partial charge in [0, 0.05) is 11.4 Å². The van der Waals surface area contributed by atoms with E-state index in [0.29, 0.717) is 17.8 Å². The van der Waals surface area contributed by atoms with Crippen molar-refractivity contribution in [3.8, 4) is 0 Å². The third kappa shape index (κ3) is 6.53. The summed E-state index contributed by atoms with van der Waals surface area (Å²) in [6.45, 7) is 1.97. The lowest BCUT2D eigenvalue weighted by Gasteiger charge is -2.12. The van der Waals surface area contributed by atoms with Gasteiger partial charge in [-0.1, -0.05) is 60.7 Å². The Kier molecular flexibility index (Phi) is 7.29. The first kappa shape index (κ1) is 21.2. The molecule has 0 aliphatic carbocycles. The van der Waals surface area contributed by atoms with Gasteiger partial charge in [0.25, 0.3) is 0 Å². The molecule has 0 aromatic heterocycles. The van der Waals surface area contributed by atoms with E-state index in [1.165, 1.54) is 0 Å². The maximum atomic E-state index is 12.3. The van der Waals surface area contributed by atoms with E-state index >= 15 is 0 Å². The van der Waals surface area contributed by atoms with Gasteiger partial charge in [-0.05, 0) is 54.0 Å². The van der Waals surface area contributed by atoms with Crippen molar-refractivity contribution in [2.24, 2.45) is 0 Å². The van der Waals surface area contributed by atoms with Crippen molar-refractivity contribution in [3.63, 3.8) is 0 Å². The predicted octanol–water partition coefficient (Wildman–Crippen LogP) is 4.23. The SMILES string of the molecule is Cc1ccccc1CC(=O)NC(=S)Nc1cccc(NC(=O)Cc2ccccc2)c1. The van der Waals surface area contributed by atoms with Crippen LogP contribution in [0, 0.1) is 6.92 Å². The van der Waals surface area contributed by atoms with Crippen LogP contribution in [-0.4, -0.2) is 16.9 Å². The monoisotopic (exact) mass is 417 g/mol. The zero-order valence-electron chi connectivity index (χ0n) is 16.6. The standard InChI is InChI=1S/C24H23N3O2S/c1-17-8-5-6-11-19(17)15-23(29)27-24(30)26-21-13-7-12-20(16-21)25-22(28)14-18-9-3-2-4-10-18/h2-13,16H,14-15H2,1H3,(H,25,28)(H2,26,27,29,30). The van der Waals surface area contributed by atoms with Crippen molar-refractivity contribution in [2.45, 2.75) is 19.8 Å². The second kappa shape index (κ2) is 10.3. The molecule has 0 radical (unpaired) electrons. The van der Waals surface area contributed by atoms with E-state index in [2.05, 4.69) is 16.0 Å². The summed E-state index contributed by atoms with van der Waals surface area (Å²) in [5.41, 5.74) is 4.29. The first-order valence-electron chi connectivity index (χ1n) is 9.59. The topological polar surface area (TPSA) is 70.2 Å². The zero-order valence-corrected chi connectivity index (χ0v) is 17.5. The third-order valence-corrected chi connectivity index (χ3v) is 4.68. The van der Waals surface area contributed by atoms with Crippen LogP contribution >= 0.6 is 12.2 Å². The molecule has 0 aliphatic rings. The van der Waals surface area contributed by atoms with Crippen molar-refractivity contribution in [3.05, 3.63) is 95.6 Å². The summed E-state index contributed by atoms with van der Waals surface area (Å²) in [4.78, 5) is 24.5. The highest BCUT2D eigenvalue weighted by Gasteiger charge is 2.09. The number of carbonyl (C=O) groups is 2. The maximum Gasteiger partial charge on any atom is 0.230 e. The molecule has 0 unspecified atom stereocenters. The summed E-state index contributed by atoms with van der Waals surface area (Å²) in [7, 11) is 0. The number of rotatable bonds is 6. The van der Waals surface area contributed by atoms with E-state index in [-0.39, 0.29) is 23.3 Å². The van der Waals surface area contributed by atoms with Gasteiger partial charge in [0.05, 0.1) is 12.8 Å². The number of nitrogens with one attached hydrogen (secondary N) is 3. The number of benzene rings is 3. The minimum atomic E-state index is -0.186. The van der Waals surface area contributed by atoms with Crippen LogP contribution in [0.1, 0.15) is 16.7 Å². The van der Waals surface area contributed by atoms with Gasteiger partial charge in [-0.2, -0.15) is 0 Å². The van der Waals surface area contributed by atoms with E-state index in [1.807, 2.05) is 67.6 Å². The van der Waals surface area contributed by atoms with Crippen molar-refractivity contribution < 1.29 is 9.59 Å². The zero-order chi connectivity index (χ0) is 21.3. The molecule has 0 saturated heterocycles. The van der Waals surface area contributed by atoms with Gasteiger partial charge in [0.15, 0.2) is 5.11 Å². The van der Waals surface area contributed by atoms with Gasteiger partial charge < -0.3 is 16.0 Å². The number of carbonyl (C=O) groups excluding carboxylic acids is 2. The molecule has 30 heavy (non-hydrogen) atoms. The minimum Gasteiger partial charge on any atom is -0.332 e. The van der Waals surface area contributed by atoms with E-state index in [1.54, 1.807) is 18.2 Å². The molecule has 0 fully saturated rings. The van der Waals surface area contributed by atoms with Gasteiger partial charge in [-0.15, -0.1) is 0 Å². The van der Waals surface area contributed by atoms with Gasteiger partial charge >= 0.3 is 0 Å². The Hall–Kier alpha value is -3.51. The molecular weight excluding hydrogens is 394 g/mol. The molecule has 0 saturated carbocycles. The molecule has 3 rings (SSSR count). The minimum absolute atomic E-state index is 0.104. The highest BCUT2D eigenvalue weighted by molar-refractivity contribution is 7.80. The fourth-order valence-corrected chi connectivity index (χ4v) is 3.21. The summed E-state index contributed by atoms with van der Waals surface area (Å²) in [6, 6.07) is 24.5. The second-order valence-electron chi connectivity index (χ2n) is 6.90. The van der Waals surface area contributed by atoms with Crippen molar-refractivity contribution in [2.75, 3.05) is 10.6 Å². The van der Waals surface area contributed by atoms with Crippen molar-refractivity contribution >= 4 is 40.5 Å². The number of hydrogen-bond donors (Lipinski definition) is 3. The Labute approximate surface area is 181 Å². The molecule has 152 valence electrons. The van der Waals surface area contributed by atoms with Gasteiger partial charge in [-0.3, -0.25) is 9.59 Å². The first-order chi connectivity index (χ1) is 14.5. The van der Waals surface area contributed by atoms with Crippen LogP contribution in [0.2, 0.25) is 0 Å². The summed E-state index contributed by atoms with van der Waals surface area (Å²) in [5, 5.41) is 8.76. The molecule has 0 heterocycles. The lowest BCUT2D eigenvalue weighted by molar-refractivity contribution is -0.119. The Balaban J connectivity index is 1.52. The van der Waals surface area contributed by atoms with Crippen molar-refractivity contribution in [1.82, 2.24) is 5.32 Å². The Morgan fingerprint density at radius 3 is 2.17 bits per heavy atom. The number of amides is 2. The van der Waals surface area contributed by atoms with Crippen LogP contribution in [0.3, 0.4) is 0 Å². The largest absolute Gasteiger partial charge is 0.332 e. The molecule has 5 nitrogen and oxygen atoms in total. The highest BCUT2D eigenvalue weighted by atomic mass is 32.1. The predicted molar refractivity (Wildman–Crippen MR) is 124 cm³/mol. The van der Waals surface area contributed by atoms with Crippen LogP contribution in [-0.2, 0) is 22.4 Å². The number of aryl methyl sites for hydroxylation is 1. The summed E-state index contributed by atoms with van der Waals surface area (Å²) in [6.07, 6.45) is 0.552. The molecule has 6 heteroatoms. The fourth-order valence-electron chi connectivity index (χ4n) is 2.98. The smallest absolute Gasteiger partial charge is 0.230 e. The third-order valence-electron chi connectivity index (χ3n) is 4.48. The second-order valence-corrected chi connectivity index (χ2v) is 7.31. The molecule has 3 aromatic carbocycles. The number of hydrogen-bond acceptors (Lipinski definition) is 3. The molecule has 2 amide bonds. The van der Waals surface area contributed by atoms with Crippen LogP contribution in [0.5, 0.6) is 0 Å². The maximum absolute atomic E-state index is 12.3. The quantitative estimate of drug-likeness (QED) is 0.525. The Morgan fingerprint density at radius 2 is 1.43 bits per heavy atom. The number of thiocarbonyl (C=S) groups is 1. The average Bonchev–Trinajstić information content (AvgIpc) is 2.70. The highest BCUT2D eigenvalue weighted by Crippen LogP contribution is 2.16. The van der Waals surface area contributed by atoms with Crippen molar-refractivity contribution in [1.29, 1.82) is 0 Å². The summed E-state index contributed by atoms with van der Waals surface area (Å²) in [5.74, 6) is -0.290. The molecule has 3 aromatic rings. The van der Waals surface area contributed by atoms with E-state index in [9.17, 15) is 9.59 Å². The van der Waals surface area contributed by atoms with Gasteiger partial charge in [-0.25, -0.2) is 0 Å². The van der Waals surface area contributed by atoms with Gasteiger partial charge in [0.1, 0.15) is 0 Å². The number of anilines is 2.